The molecule has 1 saturated carbocycles. The zero-order valence-corrected chi connectivity index (χ0v) is 5.24. The molecule has 0 heterocycles. The molecule has 0 radical (unpaired) electrons. The van der Waals surface area contributed by atoms with Crippen LogP contribution in [0.25, 0.3) is 0 Å². The first-order valence-electron chi connectivity index (χ1n) is 3.15. The summed E-state index contributed by atoms with van der Waals surface area (Å²) in [4.78, 5) is 0. The predicted octanol–water partition coefficient (Wildman–Crippen LogP) is 2.40. The van der Waals surface area contributed by atoms with Crippen molar-refractivity contribution in [3.8, 4) is 0 Å². The van der Waals surface area contributed by atoms with Gasteiger partial charge in [-0.2, -0.15) is 0 Å². The van der Waals surface area contributed by atoms with Crippen molar-refractivity contribution in [1.29, 1.82) is 0 Å². The van der Waals surface area contributed by atoms with Crippen LogP contribution in [0.5, 0.6) is 0 Å². The van der Waals surface area contributed by atoms with E-state index in [-0.39, 0.29) is 6.42 Å². The van der Waals surface area contributed by atoms with Crippen LogP contribution in [-0.4, -0.2) is 12.3 Å². The molecule has 0 aromatic rings. The Hall–Kier alpha value is -0.400. The summed E-state index contributed by atoms with van der Waals surface area (Å²) in [6.07, 6.45) is -1.33. The second kappa shape index (κ2) is 2.46. The molecule has 1 rings (SSSR count). The van der Waals surface area contributed by atoms with Crippen LogP contribution in [0.1, 0.15) is 19.3 Å². The maximum atomic E-state index is 12.4. The maximum Gasteiger partial charge on any atom is 0.135 e. The number of allylic oxidation sites excluding steroid dienone is 1. The zero-order chi connectivity index (χ0) is 6.85. The minimum Gasteiger partial charge on any atom is -0.244 e. The Balaban J connectivity index is 2.44. The summed E-state index contributed by atoms with van der Waals surface area (Å²) in [5.41, 5.74) is 0.844. The molecule has 1 fully saturated rings. The quantitative estimate of drug-likeness (QED) is 0.444. The van der Waals surface area contributed by atoms with Gasteiger partial charge in [-0.3, -0.25) is 0 Å². The lowest BCUT2D eigenvalue weighted by atomic mass is 9.93. The Morgan fingerprint density at radius 1 is 1.33 bits per heavy atom. The van der Waals surface area contributed by atoms with Crippen molar-refractivity contribution in [2.75, 3.05) is 0 Å². The average molecular weight is 132 g/mol. The SMILES string of the molecule is C=C1CCC(F)C(F)C1. The van der Waals surface area contributed by atoms with E-state index < -0.39 is 12.3 Å². The predicted molar refractivity (Wildman–Crippen MR) is 32.8 cm³/mol. The molecule has 0 N–H and O–H groups in total. The van der Waals surface area contributed by atoms with Crippen LogP contribution in [0.2, 0.25) is 0 Å². The van der Waals surface area contributed by atoms with E-state index >= 15 is 0 Å². The molecule has 52 valence electrons. The fourth-order valence-electron chi connectivity index (χ4n) is 1.03. The van der Waals surface area contributed by atoms with Gasteiger partial charge in [-0.15, -0.1) is 0 Å². The Morgan fingerprint density at radius 3 is 2.44 bits per heavy atom. The Kier molecular flexibility index (Phi) is 1.84. The van der Waals surface area contributed by atoms with Crippen molar-refractivity contribution in [3.05, 3.63) is 12.2 Å². The van der Waals surface area contributed by atoms with E-state index in [1.807, 2.05) is 0 Å². The summed E-state index contributed by atoms with van der Waals surface area (Å²) in [6, 6.07) is 0. The molecule has 0 bridgehead atoms. The van der Waals surface area contributed by atoms with E-state index in [0.717, 1.165) is 5.57 Å². The third-order valence-corrected chi connectivity index (χ3v) is 1.65. The lowest BCUT2D eigenvalue weighted by Crippen LogP contribution is -2.22. The highest BCUT2D eigenvalue weighted by Gasteiger charge is 2.25. The summed E-state index contributed by atoms with van der Waals surface area (Å²) in [5, 5.41) is 0. The van der Waals surface area contributed by atoms with E-state index in [2.05, 4.69) is 6.58 Å². The number of halogens is 2. The summed E-state index contributed by atoms with van der Waals surface area (Å²) in [5.74, 6) is 0. The van der Waals surface area contributed by atoms with Crippen LogP contribution in [0.15, 0.2) is 12.2 Å². The van der Waals surface area contributed by atoms with Gasteiger partial charge >= 0.3 is 0 Å². The van der Waals surface area contributed by atoms with Gasteiger partial charge in [-0.1, -0.05) is 12.2 Å². The first-order valence-corrected chi connectivity index (χ1v) is 3.15. The smallest absolute Gasteiger partial charge is 0.135 e. The first kappa shape index (κ1) is 6.72. The highest BCUT2D eigenvalue weighted by molar-refractivity contribution is 5.02. The van der Waals surface area contributed by atoms with Crippen LogP contribution in [0, 0.1) is 0 Å². The fourth-order valence-corrected chi connectivity index (χ4v) is 1.03. The highest BCUT2D eigenvalue weighted by atomic mass is 19.2. The van der Waals surface area contributed by atoms with Gasteiger partial charge < -0.3 is 0 Å². The van der Waals surface area contributed by atoms with E-state index in [1.54, 1.807) is 0 Å². The highest BCUT2D eigenvalue weighted by Crippen LogP contribution is 2.26. The van der Waals surface area contributed by atoms with Crippen molar-refractivity contribution in [1.82, 2.24) is 0 Å². The van der Waals surface area contributed by atoms with Crippen LogP contribution >= 0.6 is 0 Å². The lowest BCUT2D eigenvalue weighted by molar-refractivity contribution is 0.140. The zero-order valence-electron chi connectivity index (χ0n) is 5.24. The van der Waals surface area contributed by atoms with Crippen LogP contribution in [-0.2, 0) is 0 Å². The first-order chi connectivity index (χ1) is 4.20. The maximum absolute atomic E-state index is 12.4. The summed E-state index contributed by atoms with van der Waals surface area (Å²) in [6.45, 7) is 3.59. The van der Waals surface area contributed by atoms with Gasteiger partial charge in [-0.05, 0) is 12.8 Å². The molecule has 1 aliphatic carbocycles. The van der Waals surface area contributed by atoms with Gasteiger partial charge in [0.1, 0.15) is 12.3 Å². The Morgan fingerprint density at radius 2 is 2.00 bits per heavy atom. The van der Waals surface area contributed by atoms with Crippen molar-refractivity contribution in [3.63, 3.8) is 0 Å². The Labute approximate surface area is 53.6 Å². The van der Waals surface area contributed by atoms with Crippen molar-refractivity contribution in [2.24, 2.45) is 0 Å². The van der Waals surface area contributed by atoms with Crippen molar-refractivity contribution >= 4 is 0 Å². The normalized spacial score (nSPS) is 36.9. The molecule has 2 atom stereocenters. The molecule has 2 heteroatoms. The van der Waals surface area contributed by atoms with Crippen LogP contribution in [0.4, 0.5) is 8.78 Å². The molecular formula is C7H10F2. The molecule has 0 aliphatic heterocycles. The summed E-state index contributed by atoms with van der Waals surface area (Å²) >= 11 is 0. The van der Waals surface area contributed by atoms with Crippen molar-refractivity contribution in [2.45, 2.75) is 31.6 Å². The number of alkyl halides is 2. The van der Waals surface area contributed by atoms with E-state index in [1.165, 1.54) is 0 Å². The molecular weight excluding hydrogens is 122 g/mol. The largest absolute Gasteiger partial charge is 0.244 e. The minimum absolute atomic E-state index is 0.223. The molecule has 9 heavy (non-hydrogen) atoms. The van der Waals surface area contributed by atoms with E-state index in [9.17, 15) is 8.78 Å². The number of hydrogen-bond donors (Lipinski definition) is 0. The van der Waals surface area contributed by atoms with Crippen molar-refractivity contribution < 1.29 is 8.78 Å². The van der Waals surface area contributed by atoms with Gasteiger partial charge in [0, 0.05) is 6.42 Å². The molecule has 0 aromatic heterocycles. The van der Waals surface area contributed by atoms with Gasteiger partial charge in [-0.25, -0.2) is 8.78 Å². The third-order valence-electron chi connectivity index (χ3n) is 1.65. The summed E-state index contributed by atoms with van der Waals surface area (Å²) in [7, 11) is 0. The topological polar surface area (TPSA) is 0 Å². The molecule has 2 unspecified atom stereocenters. The van der Waals surface area contributed by atoms with E-state index in [0.29, 0.717) is 12.8 Å². The molecule has 0 aromatic carbocycles. The Bertz CT molecular complexity index is 120. The van der Waals surface area contributed by atoms with Gasteiger partial charge in [0.2, 0.25) is 0 Å². The monoisotopic (exact) mass is 132 g/mol. The fraction of sp³-hybridized carbons (Fsp3) is 0.714. The standard InChI is InChI=1S/C7H10F2/c1-5-2-3-6(8)7(9)4-5/h6-7H,1-4H2. The lowest BCUT2D eigenvalue weighted by Gasteiger charge is -2.20. The van der Waals surface area contributed by atoms with Crippen LogP contribution < -0.4 is 0 Å². The second-order valence-electron chi connectivity index (χ2n) is 2.52. The molecule has 0 nitrogen and oxygen atoms in total. The van der Waals surface area contributed by atoms with Gasteiger partial charge in [0.05, 0.1) is 0 Å². The molecule has 1 aliphatic rings. The average Bonchev–Trinajstić information content (AvgIpc) is 1.80. The number of hydrogen-bond acceptors (Lipinski definition) is 0. The summed E-state index contributed by atoms with van der Waals surface area (Å²) < 4.78 is 24.7. The second-order valence-corrected chi connectivity index (χ2v) is 2.52. The molecule has 0 spiro atoms. The minimum atomic E-state index is -1.29. The van der Waals surface area contributed by atoms with Crippen LogP contribution in [0.3, 0.4) is 0 Å². The van der Waals surface area contributed by atoms with E-state index in [4.69, 9.17) is 0 Å². The van der Waals surface area contributed by atoms with Gasteiger partial charge in [0.15, 0.2) is 0 Å². The molecule has 0 amide bonds. The third kappa shape index (κ3) is 1.50. The number of rotatable bonds is 0. The molecule has 0 saturated heterocycles. The van der Waals surface area contributed by atoms with Gasteiger partial charge in [0.25, 0.3) is 0 Å².